The van der Waals surface area contributed by atoms with Crippen molar-refractivity contribution < 1.29 is 5.11 Å². The number of nitrogens with two attached hydrogens (primary N) is 1. The van der Waals surface area contributed by atoms with E-state index in [0.29, 0.717) is 11.6 Å². The molecule has 0 saturated heterocycles. The van der Waals surface area contributed by atoms with Crippen LogP contribution in [0.5, 0.6) is 0 Å². The maximum Gasteiger partial charge on any atom is 0.130 e. The second-order valence-corrected chi connectivity index (χ2v) is 6.49. The summed E-state index contributed by atoms with van der Waals surface area (Å²) in [5.41, 5.74) is 8.93. The van der Waals surface area contributed by atoms with Crippen LogP contribution in [0.3, 0.4) is 0 Å². The lowest BCUT2D eigenvalue weighted by Gasteiger charge is -2.08. The third-order valence-electron chi connectivity index (χ3n) is 3.25. The quantitative estimate of drug-likeness (QED) is 0.801. The van der Waals surface area contributed by atoms with Gasteiger partial charge in [-0.2, -0.15) is 5.10 Å². The van der Waals surface area contributed by atoms with Crippen molar-refractivity contribution in [3.8, 4) is 0 Å². The zero-order valence-electron chi connectivity index (χ0n) is 12.2. The van der Waals surface area contributed by atoms with Gasteiger partial charge in [0.25, 0.3) is 0 Å². The van der Waals surface area contributed by atoms with Gasteiger partial charge in [0.05, 0.1) is 12.3 Å². The molecule has 4 nitrogen and oxygen atoms in total. The molecule has 1 unspecified atom stereocenters. The van der Waals surface area contributed by atoms with Crippen molar-refractivity contribution in [3.63, 3.8) is 0 Å². The fraction of sp³-hybridized carbons (Fsp3) is 0.400. The maximum absolute atomic E-state index is 9.12. The van der Waals surface area contributed by atoms with Crippen LogP contribution in [0, 0.1) is 6.92 Å². The van der Waals surface area contributed by atoms with Crippen molar-refractivity contribution in [3.05, 3.63) is 46.2 Å². The summed E-state index contributed by atoms with van der Waals surface area (Å²) >= 11 is 7.99. The van der Waals surface area contributed by atoms with E-state index in [-0.39, 0.29) is 12.6 Å². The molecule has 0 spiro atoms. The van der Waals surface area contributed by atoms with Crippen molar-refractivity contribution in [1.29, 1.82) is 0 Å². The Morgan fingerprint density at radius 3 is 2.67 bits per heavy atom. The Hall–Kier alpha value is -1.01. The number of thioether (sulfide) groups is 1. The maximum atomic E-state index is 9.12. The smallest absolute Gasteiger partial charge is 0.130 e. The van der Waals surface area contributed by atoms with Gasteiger partial charge in [-0.3, -0.25) is 4.68 Å². The Kier molecular flexibility index (Phi) is 5.70. The zero-order valence-corrected chi connectivity index (χ0v) is 13.8. The summed E-state index contributed by atoms with van der Waals surface area (Å²) in [4.78, 5) is 1.19. The van der Waals surface area contributed by atoms with E-state index in [0.717, 1.165) is 17.0 Å². The van der Waals surface area contributed by atoms with Gasteiger partial charge in [-0.25, -0.2) is 0 Å². The standard InChI is InChI=1S/C15H20ClN3OS/c1-10-3-5-12(6-4-10)21-9-14-13(7-11(17)8-20)15(16)19(2)18-14/h3-6,11,20H,7-9,17H2,1-2H3. The molecule has 1 aromatic carbocycles. The SMILES string of the molecule is Cc1ccc(SCc2nn(C)c(Cl)c2CC(N)CO)cc1. The molecule has 0 aliphatic heterocycles. The van der Waals surface area contributed by atoms with Gasteiger partial charge >= 0.3 is 0 Å². The normalized spacial score (nSPS) is 12.6. The highest BCUT2D eigenvalue weighted by Gasteiger charge is 2.17. The van der Waals surface area contributed by atoms with E-state index in [2.05, 4.69) is 36.3 Å². The monoisotopic (exact) mass is 325 g/mol. The number of aliphatic hydroxyl groups excluding tert-OH is 1. The lowest BCUT2D eigenvalue weighted by atomic mass is 10.1. The number of nitrogens with zero attached hydrogens (tertiary/aromatic N) is 2. The Morgan fingerprint density at radius 1 is 1.38 bits per heavy atom. The summed E-state index contributed by atoms with van der Waals surface area (Å²) in [5, 5.41) is 14.2. The summed E-state index contributed by atoms with van der Waals surface area (Å²) in [5.74, 6) is 0.733. The molecule has 114 valence electrons. The molecule has 0 aliphatic rings. The van der Waals surface area contributed by atoms with E-state index >= 15 is 0 Å². The number of aryl methyl sites for hydroxylation is 2. The van der Waals surface area contributed by atoms with Crippen molar-refractivity contribution in [1.82, 2.24) is 9.78 Å². The first kappa shape index (κ1) is 16.4. The molecule has 21 heavy (non-hydrogen) atoms. The molecule has 0 fully saturated rings. The van der Waals surface area contributed by atoms with Crippen LogP contribution in [0.2, 0.25) is 5.15 Å². The summed E-state index contributed by atoms with van der Waals surface area (Å²) in [6.07, 6.45) is 0.535. The van der Waals surface area contributed by atoms with E-state index in [1.807, 2.05) is 7.05 Å². The molecular weight excluding hydrogens is 306 g/mol. The van der Waals surface area contributed by atoms with Crippen LogP contribution in [-0.4, -0.2) is 27.5 Å². The highest BCUT2D eigenvalue weighted by atomic mass is 35.5. The summed E-state index contributed by atoms with van der Waals surface area (Å²) in [6, 6.07) is 8.08. The van der Waals surface area contributed by atoms with Crippen LogP contribution >= 0.6 is 23.4 Å². The third-order valence-corrected chi connectivity index (χ3v) is 4.75. The minimum absolute atomic E-state index is 0.0598. The Morgan fingerprint density at radius 2 is 2.05 bits per heavy atom. The molecule has 2 rings (SSSR count). The predicted molar refractivity (Wildman–Crippen MR) is 87.7 cm³/mol. The molecular formula is C15H20ClN3OS. The van der Waals surface area contributed by atoms with Crippen LogP contribution in [0.15, 0.2) is 29.2 Å². The highest BCUT2D eigenvalue weighted by molar-refractivity contribution is 7.98. The number of hydrogen-bond acceptors (Lipinski definition) is 4. The van der Waals surface area contributed by atoms with Gasteiger partial charge in [-0.15, -0.1) is 11.8 Å². The van der Waals surface area contributed by atoms with E-state index in [4.69, 9.17) is 22.4 Å². The molecule has 3 N–H and O–H groups in total. The van der Waals surface area contributed by atoms with Crippen LogP contribution in [0.25, 0.3) is 0 Å². The molecule has 1 atom stereocenters. The molecule has 0 aliphatic carbocycles. The van der Waals surface area contributed by atoms with Crippen molar-refractivity contribution >= 4 is 23.4 Å². The van der Waals surface area contributed by atoms with Gasteiger partial charge in [0, 0.05) is 29.3 Å². The van der Waals surface area contributed by atoms with Gasteiger partial charge in [0.15, 0.2) is 0 Å². The van der Waals surface area contributed by atoms with Gasteiger partial charge in [-0.05, 0) is 25.5 Å². The average Bonchev–Trinajstić information content (AvgIpc) is 2.74. The zero-order chi connectivity index (χ0) is 15.4. The van der Waals surface area contributed by atoms with Crippen LogP contribution in [-0.2, 0) is 19.2 Å². The van der Waals surface area contributed by atoms with E-state index in [1.54, 1.807) is 16.4 Å². The first-order valence-corrected chi connectivity index (χ1v) is 8.13. The van der Waals surface area contributed by atoms with Crippen LogP contribution in [0.4, 0.5) is 0 Å². The van der Waals surface area contributed by atoms with E-state index in [1.165, 1.54) is 10.5 Å². The fourth-order valence-corrected chi connectivity index (χ4v) is 3.12. The van der Waals surface area contributed by atoms with E-state index in [9.17, 15) is 0 Å². The number of rotatable bonds is 6. The first-order valence-electron chi connectivity index (χ1n) is 6.77. The summed E-state index contributed by atoms with van der Waals surface area (Å²) in [6.45, 7) is 2.01. The lowest BCUT2D eigenvalue weighted by molar-refractivity contribution is 0.265. The predicted octanol–water partition coefficient (Wildman–Crippen LogP) is 2.54. The molecule has 1 aromatic heterocycles. The summed E-state index contributed by atoms with van der Waals surface area (Å²) in [7, 11) is 1.82. The number of aliphatic hydroxyl groups is 1. The minimum atomic E-state index is -0.310. The molecule has 2 aromatic rings. The van der Waals surface area contributed by atoms with Crippen molar-refractivity contribution in [2.75, 3.05) is 6.61 Å². The lowest BCUT2D eigenvalue weighted by Crippen LogP contribution is -2.27. The number of halogens is 1. The Labute approximate surface area is 134 Å². The van der Waals surface area contributed by atoms with Gasteiger partial charge in [-0.1, -0.05) is 29.3 Å². The van der Waals surface area contributed by atoms with Crippen LogP contribution in [0.1, 0.15) is 16.8 Å². The first-order chi connectivity index (χ1) is 10.0. The van der Waals surface area contributed by atoms with Crippen LogP contribution < -0.4 is 5.73 Å². The van der Waals surface area contributed by atoms with Gasteiger partial charge in [0.2, 0.25) is 0 Å². The molecule has 0 bridgehead atoms. The number of aromatic nitrogens is 2. The van der Waals surface area contributed by atoms with Gasteiger partial charge in [0.1, 0.15) is 5.15 Å². The number of benzene rings is 1. The Balaban J connectivity index is 2.12. The Bertz CT molecular complexity index is 598. The molecule has 6 heteroatoms. The molecule has 0 saturated carbocycles. The highest BCUT2D eigenvalue weighted by Crippen LogP contribution is 2.28. The second kappa shape index (κ2) is 7.31. The summed E-state index contributed by atoms with van der Waals surface area (Å²) < 4.78 is 1.66. The van der Waals surface area contributed by atoms with Gasteiger partial charge < -0.3 is 10.8 Å². The van der Waals surface area contributed by atoms with Crippen molar-refractivity contribution in [2.45, 2.75) is 30.0 Å². The molecule has 1 heterocycles. The van der Waals surface area contributed by atoms with Crippen molar-refractivity contribution in [2.24, 2.45) is 12.8 Å². The minimum Gasteiger partial charge on any atom is -0.395 e. The molecule has 0 radical (unpaired) electrons. The molecule has 0 amide bonds. The fourth-order valence-electron chi connectivity index (χ4n) is 2.03. The average molecular weight is 326 g/mol. The van der Waals surface area contributed by atoms with E-state index < -0.39 is 0 Å². The largest absolute Gasteiger partial charge is 0.395 e. The second-order valence-electron chi connectivity index (χ2n) is 5.09. The number of hydrogen-bond donors (Lipinski definition) is 2. The topological polar surface area (TPSA) is 64.1 Å². The third kappa shape index (κ3) is 4.23.